The van der Waals surface area contributed by atoms with Crippen molar-refractivity contribution in [2.24, 2.45) is 0 Å². The van der Waals surface area contributed by atoms with E-state index in [9.17, 15) is 17.6 Å². The van der Waals surface area contributed by atoms with Crippen molar-refractivity contribution in [1.29, 1.82) is 0 Å². The van der Waals surface area contributed by atoms with Gasteiger partial charge in [0.1, 0.15) is 5.82 Å². The highest BCUT2D eigenvalue weighted by molar-refractivity contribution is 5.32. The molecule has 1 aromatic carbocycles. The Balaban J connectivity index is 2.48. The minimum absolute atomic E-state index is 0.0882. The zero-order valence-electron chi connectivity index (χ0n) is 11.3. The molecule has 21 heavy (non-hydrogen) atoms. The number of halogens is 4. The fourth-order valence-corrected chi connectivity index (χ4v) is 2.05. The third-order valence-corrected chi connectivity index (χ3v) is 3.03. The highest BCUT2D eigenvalue weighted by Gasteiger charge is 2.22. The minimum Gasteiger partial charge on any atom is -0.306 e. The Bertz CT molecular complexity index is 631. The van der Waals surface area contributed by atoms with Gasteiger partial charge in [-0.2, -0.15) is 0 Å². The molecular weight excluding hydrogens is 284 g/mol. The van der Waals surface area contributed by atoms with Gasteiger partial charge in [-0.3, -0.25) is 4.98 Å². The third kappa shape index (κ3) is 3.39. The summed E-state index contributed by atoms with van der Waals surface area (Å²) in [6, 6.07) is 2.37. The number of hydrogen-bond donors (Lipinski definition) is 1. The molecule has 0 bridgehead atoms. The lowest BCUT2D eigenvalue weighted by atomic mass is 9.99. The van der Waals surface area contributed by atoms with Crippen LogP contribution in [0, 0.1) is 23.3 Å². The summed E-state index contributed by atoms with van der Waals surface area (Å²) < 4.78 is 53.7. The SMILES string of the molecule is CCCNC(c1cncc(F)c1)c1ccc(F)c(F)c1F. The van der Waals surface area contributed by atoms with E-state index in [0.29, 0.717) is 12.1 Å². The van der Waals surface area contributed by atoms with Crippen LogP contribution in [0.15, 0.2) is 30.6 Å². The van der Waals surface area contributed by atoms with Gasteiger partial charge in [-0.15, -0.1) is 0 Å². The van der Waals surface area contributed by atoms with Gasteiger partial charge in [0.2, 0.25) is 0 Å². The van der Waals surface area contributed by atoms with Gasteiger partial charge in [0.15, 0.2) is 17.5 Å². The summed E-state index contributed by atoms with van der Waals surface area (Å²) in [6.45, 7) is 2.40. The zero-order valence-corrected chi connectivity index (χ0v) is 11.3. The van der Waals surface area contributed by atoms with E-state index in [-0.39, 0.29) is 5.56 Å². The van der Waals surface area contributed by atoms with Crippen LogP contribution >= 0.6 is 0 Å². The van der Waals surface area contributed by atoms with Gasteiger partial charge in [0.25, 0.3) is 0 Å². The first-order valence-electron chi connectivity index (χ1n) is 6.51. The Labute approximate surface area is 119 Å². The number of hydrogen-bond acceptors (Lipinski definition) is 2. The van der Waals surface area contributed by atoms with E-state index in [0.717, 1.165) is 24.8 Å². The van der Waals surface area contributed by atoms with Crippen molar-refractivity contribution in [2.75, 3.05) is 6.54 Å². The average molecular weight is 298 g/mol. The van der Waals surface area contributed by atoms with Crippen LogP contribution in [0.5, 0.6) is 0 Å². The van der Waals surface area contributed by atoms with Crippen LogP contribution in [0.3, 0.4) is 0 Å². The van der Waals surface area contributed by atoms with Crippen LogP contribution < -0.4 is 5.32 Å². The molecule has 0 amide bonds. The van der Waals surface area contributed by atoms with Crippen molar-refractivity contribution in [2.45, 2.75) is 19.4 Å². The molecule has 1 unspecified atom stereocenters. The molecule has 0 aliphatic rings. The van der Waals surface area contributed by atoms with Gasteiger partial charge >= 0.3 is 0 Å². The zero-order chi connectivity index (χ0) is 15.4. The summed E-state index contributed by atoms with van der Waals surface area (Å²) in [7, 11) is 0. The first kappa shape index (κ1) is 15.4. The Hall–Kier alpha value is -1.95. The maximum absolute atomic E-state index is 14.0. The summed E-state index contributed by atoms with van der Waals surface area (Å²) in [4.78, 5) is 3.70. The molecule has 0 aliphatic carbocycles. The lowest BCUT2D eigenvalue weighted by Crippen LogP contribution is -2.25. The van der Waals surface area contributed by atoms with Gasteiger partial charge < -0.3 is 5.32 Å². The molecular formula is C15H14F4N2. The second kappa shape index (κ2) is 6.67. The maximum Gasteiger partial charge on any atom is 0.194 e. The fourth-order valence-electron chi connectivity index (χ4n) is 2.05. The molecule has 2 aromatic rings. The maximum atomic E-state index is 14.0. The quantitative estimate of drug-likeness (QED) is 0.672. The summed E-state index contributed by atoms with van der Waals surface area (Å²) in [6.07, 6.45) is 3.11. The molecule has 1 heterocycles. The Kier molecular flexibility index (Phi) is 4.90. The summed E-state index contributed by atoms with van der Waals surface area (Å²) in [5, 5.41) is 2.98. The number of nitrogens with one attached hydrogen (secondary N) is 1. The van der Waals surface area contributed by atoms with Crippen LogP contribution in [0.4, 0.5) is 17.6 Å². The largest absolute Gasteiger partial charge is 0.306 e. The molecule has 0 saturated carbocycles. The topological polar surface area (TPSA) is 24.9 Å². The lowest BCUT2D eigenvalue weighted by molar-refractivity contribution is 0.432. The fraction of sp³-hybridized carbons (Fsp3) is 0.267. The lowest BCUT2D eigenvalue weighted by Gasteiger charge is -2.20. The van der Waals surface area contributed by atoms with Crippen LogP contribution in [-0.2, 0) is 0 Å². The molecule has 1 atom stereocenters. The molecule has 2 nitrogen and oxygen atoms in total. The van der Waals surface area contributed by atoms with Crippen molar-refractivity contribution in [1.82, 2.24) is 10.3 Å². The molecule has 0 spiro atoms. The summed E-state index contributed by atoms with van der Waals surface area (Å²) in [5.74, 6) is -4.67. The smallest absolute Gasteiger partial charge is 0.194 e. The Morgan fingerprint density at radius 2 is 1.86 bits per heavy atom. The number of aromatic nitrogens is 1. The molecule has 0 saturated heterocycles. The second-order valence-corrected chi connectivity index (χ2v) is 4.59. The number of nitrogens with zero attached hydrogens (tertiary/aromatic N) is 1. The Morgan fingerprint density at radius 3 is 2.52 bits per heavy atom. The monoisotopic (exact) mass is 298 g/mol. The number of benzene rings is 1. The molecule has 0 aliphatic heterocycles. The van der Waals surface area contributed by atoms with Gasteiger partial charge in [0.05, 0.1) is 12.2 Å². The molecule has 112 valence electrons. The molecule has 1 aromatic heterocycles. The minimum atomic E-state index is -1.54. The van der Waals surface area contributed by atoms with Crippen LogP contribution in [-0.4, -0.2) is 11.5 Å². The standard InChI is InChI=1S/C15H14F4N2/c1-2-5-21-15(9-6-10(16)8-20-7-9)11-3-4-12(17)14(19)13(11)18/h3-4,6-8,15,21H,2,5H2,1H3. The van der Waals surface area contributed by atoms with Crippen LogP contribution in [0.25, 0.3) is 0 Å². The van der Waals surface area contributed by atoms with Gasteiger partial charge in [-0.25, -0.2) is 17.6 Å². The molecule has 0 fully saturated rings. The van der Waals surface area contributed by atoms with Crippen molar-refractivity contribution in [3.63, 3.8) is 0 Å². The van der Waals surface area contributed by atoms with Gasteiger partial charge in [-0.05, 0) is 30.7 Å². The molecule has 2 rings (SSSR count). The van der Waals surface area contributed by atoms with Gasteiger partial charge in [-0.1, -0.05) is 13.0 Å². The Morgan fingerprint density at radius 1 is 1.10 bits per heavy atom. The predicted octanol–water partition coefficient (Wildman–Crippen LogP) is 3.73. The van der Waals surface area contributed by atoms with Crippen molar-refractivity contribution >= 4 is 0 Å². The highest BCUT2D eigenvalue weighted by atomic mass is 19.2. The van der Waals surface area contributed by atoms with Gasteiger partial charge in [0, 0.05) is 11.8 Å². The van der Waals surface area contributed by atoms with E-state index in [1.807, 2.05) is 6.92 Å². The highest BCUT2D eigenvalue weighted by Crippen LogP contribution is 2.27. The predicted molar refractivity (Wildman–Crippen MR) is 70.6 cm³/mol. The van der Waals surface area contributed by atoms with E-state index >= 15 is 0 Å². The average Bonchev–Trinajstić information content (AvgIpc) is 2.47. The van der Waals surface area contributed by atoms with Crippen molar-refractivity contribution in [3.8, 4) is 0 Å². The van der Waals surface area contributed by atoms with Crippen molar-refractivity contribution < 1.29 is 17.6 Å². The van der Waals surface area contributed by atoms with E-state index < -0.39 is 29.3 Å². The number of rotatable bonds is 5. The van der Waals surface area contributed by atoms with E-state index in [1.54, 1.807) is 0 Å². The first-order chi connectivity index (χ1) is 10.0. The second-order valence-electron chi connectivity index (χ2n) is 4.59. The van der Waals surface area contributed by atoms with Crippen LogP contribution in [0.2, 0.25) is 0 Å². The number of pyridine rings is 1. The van der Waals surface area contributed by atoms with Crippen molar-refractivity contribution in [3.05, 3.63) is 65.0 Å². The summed E-state index contributed by atoms with van der Waals surface area (Å²) in [5.41, 5.74) is 0.253. The van der Waals surface area contributed by atoms with E-state index in [1.165, 1.54) is 12.3 Å². The third-order valence-electron chi connectivity index (χ3n) is 3.03. The normalized spacial score (nSPS) is 12.4. The summed E-state index contributed by atoms with van der Waals surface area (Å²) >= 11 is 0. The van der Waals surface area contributed by atoms with E-state index in [2.05, 4.69) is 10.3 Å². The van der Waals surface area contributed by atoms with Crippen LogP contribution in [0.1, 0.15) is 30.5 Å². The molecule has 0 radical (unpaired) electrons. The van der Waals surface area contributed by atoms with E-state index in [4.69, 9.17) is 0 Å². The molecule has 1 N–H and O–H groups in total. The molecule has 6 heteroatoms. The first-order valence-corrected chi connectivity index (χ1v) is 6.51.